The van der Waals surface area contributed by atoms with Gasteiger partial charge < -0.3 is 5.32 Å². The third-order valence-corrected chi connectivity index (χ3v) is 4.20. The zero-order chi connectivity index (χ0) is 15.2. The van der Waals surface area contributed by atoms with E-state index in [4.69, 9.17) is 5.26 Å². The van der Waals surface area contributed by atoms with E-state index in [9.17, 15) is 0 Å². The van der Waals surface area contributed by atoms with E-state index in [1.165, 1.54) is 11.1 Å². The van der Waals surface area contributed by atoms with Crippen molar-refractivity contribution in [1.82, 2.24) is 5.32 Å². The highest BCUT2D eigenvalue weighted by Crippen LogP contribution is 2.23. The molecule has 0 spiro atoms. The molecule has 2 nitrogen and oxygen atoms in total. The second-order valence-electron chi connectivity index (χ2n) is 5.13. The van der Waals surface area contributed by atoms with Gasteiger partial charge in [0.25, 0.3) is 0 Å². The number of rotatable bonds is 5. The fraction of sp³-hybridized carbons (Fsp3) is 0.278. The summed E-state index contributed by atoms with van der Waals surface area (Å²) in [5.41, 5.74) is 3.19. The minimum Gasteiger partial charge on any atom is -0.303 e. The predicted octanol–water partition coefficient (Wildman–Crippen LogP) is 5.12. The van der Waals surface area contributed by atoms with Crippen LogP contribution in [0.15, 0.2) is 53.0 Å². The Labute approximate surface area is 134 Å². The first-order chi connectivity index (χ1) is 10.1. The Morgan fingerprint density at radius 2 is 1.62 bits per heavy atom. The number of hydrogen-bond acceptors (Lipinski definition) is 2. The van der Waals surface area contributed by atoms with Gasteiger partial charge in [-0.3, -0.25) is 0 Å². The van der Waals surface area contributed by atoms with E-state index in [2.05, 4.69) is 65.4 Å². The summed E-state index contributed by atoms with van der Waals surface area (Å²) in [5, 5.41) is 12.5. The van der Waals surface area contributed by atoms with Gasteiger partial charge in [0.2, 0.25) is 0 Å². The Morgan fingerprint density at radius 3 is 2.14 bits per heavy atom. The summed E-state index contributed by atoms with van der Waals surface area (Å²) in [5.74, 6) is 0. The molecule has 0 amide bonds. The highest BCUT2D eigenvalue weighted by atomic mass is 79.9. The van der Waals surface area contributed by atoms with Gasteiger partial charge in [-0.25, -0.2) is 0 Å². The summed E-state index contributed by atoms with van der Waals surface area (Å²) in [6, 6.07) is 18.9. The number of nitrogens with zero attached hydrogens (tertiary/aromatic N) is 1. The van der Waals surface area contributed by atoms with E-state index in [0.717, 1.165) is 10.9 Å². The molecule has 21 heavy (non-hydrogen) atoms. The van der Waals surface area contributed by atoms with Crippen LogP contribution in [0.3, 0.4) is 0 Å². The highest BCUT2D eigenvalue weighted by Gasteiger charge is 2.13. The van der Waals surface area contributed by atoms with Gasteiger partial charge in [-0.05, 0) is 48.7 Å². The molecule has 0 aliphatic heterocycles. The lowest BCUT2D eigenvalue weighted by Crippen LogP contribution is -2.24. The van der Waals surface area contributed by atoms with Crippen molar-refractivity contribution in [1.29, 1.82) is 5.26 Å². The van der Waals surface area contributed by atoms with Crippen molar-refractivity contribution in [3.8, 4) is 6.07 Å². The molecule has 2 atom stereocenters. The molecule has 0 radical (unpaired) electrons. The molecule has 0 fully saturated rings. The number of nitriles is 1. The largest absolute Gasteiger partial charge is 0.303 e. The Hall–Kier alpha value is -1.63. The minimum absolute atomic E-state index is 0.242. The summed E-state index contributed by atoms with van der Waals surface area (Å²) < 4.78 is 1.10. The standard InChI is InChI=1S/C18H19BrN2/c1-3-18(16-8-10-17(19)11-9-16)21-13(2)15-6-4-14(12-20)5-7-15/h4-11,13,18,21H,3H2,1-2H3. The van der Waals surface area contributed by atoms with Crippen LogP contribution in [0.1, 0.15) is 49.0 Å². The molecule has 108 valence electrons. The van der Waals surface area contributed by atoms with Gasteiger partial charge in [-0.2, -0.15) is 5.26 Å². The third kappa shape index (κ3) is 4.17. The number of nitrogens with one attached hydrogen (secondary N) is 1. The second kappa shape index (κ2) is 7.40. The zero-order valence-electron chi connectivity index (χ0n) is 12.3. The number of benzene rings is 2. The molecule has 0 heterocycles. The summed E-state index contributed by atoms with van der Waals surface area (Å²) >= 11 is 3.47. The van der Waals surface area contributed by atoms with Crippen LogP contribution in [-0.2, 0) is 0 Å². The van der Waals surface area contributed by atoms with Crippen molar-refractivity contribution in [3.63, 3.8) is 0 Å². The minimum atomic E-state index is 0.242. The van der Waals surface area contributed by atoms with E-state index in [-0.39, 0.29) is 6.04 Å². The molecular weight excluding hydrogens is 324 g/mol. The van der Waals surface area contributed by atoms with Crippen LogP contribution in [0.5, 0.6) is 0 Å². The molecule has 2 rings (SSSR count). The lowest BCUT2D eigenvalue weighted by Gasteiger charge is -2.23. The van der Waals surface area contributed by atoms with Crippen molar-refractivity contribution >= 4 is 15.9 Å². The lowest BCUT2D eigenvalue weighted by molar-refractivity contribution is 0.456. The molecule has 3 heteroatoms. The normalized spacial score (nSPS) is 13.4. The van der Waals surface area contributed by atoms with Crippen molar-refractivity contribution in [3.05, 3.63) is 69.7 Å². The molecule has 2 unspecified atom stereocenters. The van der Waals surface area contributed by atoms with Gasteiger partial charge in [0.15, 0.2) is 0 Å². The SMILES string of the molecule is CCC(NC(C)c1ccc(C#N)cc1)c1ccc(Br)cc1. The number of hydrogen-bond donors (Lipinski definition) is 1. The Bertz CT molecular complexity index is 611. The first kappa shape index (κ1) is 15.8. The fourth-order valence-electron chi connectivity index (χ4n) is 2.39. The Morgan fingerprint density at radius 1 is 1.05 bits per heavy atom. The van der Waals surface area contributed by atoms with Gasteiger partial charge in [0, 0.05) is 16.6 Å². The van der Waals surface area contributed by atoms with Crippen molar-refractivity contribution < 1.29 is 0 Å². The van der Waals surface area contributed by atoms with Crippen molar-refractivity contribution in [2.75, 3.05) is 0 Å². The second-order valence-corrected chi connectivity index (χ2v) is 6.05. The summed E-state index contributed by atoms with van der Waals surface area (Å²) in [4.78, 5) is 0. The maximum absolute atomic E-state index is 8.85. The molecule has 2 aromatic carbocycles. The maximum atomic E-state index is 8.85. The highest BCUT2D eigenvalue weighted by molar-refractivity contribution is 9.10. The van der Waals surface area contributed by atoms with Gasteiger partial charge in [-0.15, -0.1) is 0 Å². The molecule has 0 aliphatic carbocycles. The number of halogens is 1. The molecule has 0 saturated carbocycles. The van der Waals surface area contributed by atoms with Crippen LogP contribution in [0.4, 0.5) is 0 Å². The van der Waals surface area contributed by atoms with Gasteiger partial charge in [0.05, 0.1) is 11.6 Å². The van der Waals surface area contributed by atoms with Crippen LogP contribution in [-0.4, -0.2) is 0 Å². The molecule has 1 N–H and O–H groups in total. The van der Waals surface area contributed by atoms with E-state index < -0.39 is 0 Å². The monoisotopic (exact) mass is 342 g/mol. The van der Waals surface area contributed by atoms with E-state index in [1.807, 2.05) is 24.3 Å². The fourth-order valence-corrected chi connectivity index (χ4v) is 2.65. The van der Waals surface area contributed by atoms with Crippen LogP contribution in [0.2, 0.25) is 0 Å². The van der Waals surface area contributed by atoms with E-state index in [1.54, 1.807) is 0 Å². The first-order valence-electron chi connectivity index (χ1n) is 7.15. The van der Waals surface area contributed by atoms with Crippen LogP contribution >= 0.6 is 15.9 Å². The molecule has 2 aromatic rings. The molecule has 0 saturated heterocycles. The molecular formula is C18H19BrN2. The molecule has 0 bridgehead atoms. The van der Waals surface area contributed by atoms with E-state index in [0.29, 0.717) is 11.6 Å². The topological polar surface area (TPSA) is 35.8 Å². The lowest BCUT2D eigenvalue weighted by atomic mass is 10.0. The van der Waals surface area contributed by atoms with Gasteiger partial charge >= 0.3 is 0 Å². The zero-order valence-corrected chi connectivity index (χ0v) is 13.9. The van der Waals surface area contributed by atoms with Crippen molar-refractivity contribution in [2.45, 2.75) is 32.4 Å². The summed E-state index contributed by atoms with van der Waals surface area (Å²) in [7, 11) is 0. The Balaban J connectivity index is 2.10. The summed E-state index contributed by atoms with van der Waals surface area (Å²) in [6.45, 7) is 4.34. The summed E-state index contributed by atoms with van der Waals surface area (Å²) in [6.07, 6.45) is 1.03. The average Bonchev–Trinajstić information content (AvgIpc) is 2.53. The first-order valence-corrected chi connectivity index (χ1v) is 7.95. The third-order valence-electron chi connectivity index (χ3n) is 3.67. The molecule has 0 aromatic heterocycles. The van der Waals surface area contributed by atoms with Crippen LogP contribution < -0.4 is 5.32 Å². The average molecular weight is 343 g/mol. The van der Waals surface area contributed by atoms with E-state index >= 15 is 0 Å². The van der Waals surface area contributed by atoms with Crippen LogP contribution in [0, 0.1) is 11.3 Å². The molecule has 0 aliphatic rings. The quantitative estimate of drug-likeness (QED) is 0.818. The maximum Gasteiger partial charge on any atom is 0.0991 e. The smallest absolute Gasteiger partial charge is 0.0991 e. The predicted molar refractivity (Wildman–Crippen MR) is 89.9 cm³/mol. The Kier molecular flexibility index (Phi) is 5.55. The van der Waals surface area contributed by atoms with Gasteiger partial charge in [-0.1, -0.05) is 47.1 Å². The van der Waals surface area contributed by atoms with Crippen LogP contribution in [0.25, 0.3) is 0 Å². The van der Waals surface area contributed by atoms with Gasteiger partial charge in [0.1, 0.15) is 0 Å². The van der Waals surface area contributed by atoms with Crippen molar-refractivity contribution in [2.24, 2.45) is 0 Å².